The first-order valence-corrected chi connectivity index (χ1v) is 14.9. The number of benzene rings is 3. The van der Waals surface area contributed by atoms with Gasteiger partial charge in [-0.05, 0) is 79.8 Å². The molecular weight excluding hydrogens is 577 g/mol. The number of piperidine rings is 1. The summed E-state index contributed by atoms with van der Waals surface area (Å²) in [6.07, 6.45) is 2.39. The average molecular weight is 607 g/mol. The summed E-state index contributed by atoms with van der Waals surface area (Å²) in [5.74, 6) is 0.279. The van der Waals surface area contributed by atoms with E-state index in [2.05, 4.69) is 10.0 Å². The molecule has 1 saturated heterocycles. The van der Waals surface area contributed by atoms with E-state index in [0.29, 0.717) is 29.8 Å². The van der Waals surface area contributed by atoms with Gasteiger partial charge in [0.25, 0.3) is 15.9 Å². The van der Waals surface area contributed by atoms with Crippen LogP contribution >= 0.6 is 23.2 Å². The molecule has 0 spiro atoms. The number of ether oxygens (including phenoxy) is 1. The fourth-order valence-electron chi connectivity index (χ4n) is 4.33. The van der Waals surface area contributed by atoms with Gasteiger partial charge in [0.1, 0.15) is 5.75 Å². The smallest absolute Gasteiger partial charge is 0.262 e. The van der Waals surface area contributed by atoms with E-state index in [0.717, 1.165) is 19.3 Å². The highest BCUT2D eigenvalue weighted by Crippen LogP contribution is 2.35. The zero-order chi connectivity index (χ0) is 28.7. The summed E-state index contributed by atoms with van der Waals surface area (Å²) in [7, 11) is -4.03. The largest absolute Gasteiger partial charge is 0.454 e. The van der Waals surface area contributed by atoms with Crippen LogP contribution in [0.1, 0.15) is 29.6 Å². The number of amides is 2. The van der Waals surface area contributed by atoms with Crippen LogP contribution < -0.4 is 14.8 Å². The van der Waals surface area contributed by atoms with Gasteiger partial charge in [-0.15, -0.1) is 0 Å². The van der Waals surface area contributed by atoms with E-state index in [4.69, 9.17) is 33.0 Å². The third kappa shape index (κ3) is 7.66. The first kappa shape index (κ1) is 29.7. The molecule has 1 aliphatic heterocycles. The molecule has 1 aliphatic rings. The molecule has 0 radical (unpaired) electrons. The summed E-state index contributed by atoms with van der Waals surface area (Å²) in [5.41, 5.74) is 0.406. The van der Waals surface area contributed by atoms with Gasteiger partial charge >= 0.3 is 0 Å². The first-order valence-electron chi connectivity index (χ1n) is 12.7. The van der Waals surface area contributed by atoms with Crippen LogP contribution in [-0.2, 0) is 14.8 Å². The summed E-state index contributed by atoms with van der Waals surface area (Å²) in [4.78, 5) is 26.7. The Balaban J connectivity index is 1.36. The zero-order valence-electron chi connectivity index (χ0n) is 21.5. The summed E-state index contributed by atoms with van der Waals surface area (Å²) >= 11 is 12.1. The molecule has 0 saturated carbocycles. The van der Waals surface area contributed by atoms with Gasteiger partial charge in [-0.1, -0.05) is 35.3 Å². The number of nitrogens with zero attached hydrogens (tertiary/aromatic N) is 1. The Labute approximate surface area is 243 Å². The van der Waals surface area contributed by atoms with E-state index in [1.807, 2.05) is 0 Å². The predicted octanol–water partition coefficient (Wildman–Crippen LogP) is 4.94. The third-order valence-corrected chi connectivity index (χ3v) is 8.49. The summed E-state index contributed by atoms with van der Waals surface area (Å²) in [5, 5.41) is 12.4. The standard InChI is InChI=1S/C28H29Cl2N3O6S/c29-21-7-10-25(23(30)17-21)39-26-4-2-1-3-24(26)32-40(37,38)22-8-5-20(6-9-22)28(36)31-18-27(35)33-14-11-19(12-15-33)13-16-34/h1-10,17,19,32,34H,11-16,18H2,(H,31,36). The van der Waals surface area contributed by atoms with Crippen molar-refractivity contribution in [3.63, 3.8) is 0 Å². The van der Waals surface area contributed by atoms with Crippen molar-refractivity contribution in [2.75, 3.05) is 31.0 Å². The highest BCUT2D eigenvalue weighted by atomic mass is 35.5. The number of carbonyl (C=O) groups is 2. The van der Waals surface area contributed by atoms with Crippen molar-refractivity contribution in [1.82, 2.24) is 10.2 Å². The van der Waals surface area contributed by atoms with Crippen LogP contribution in [0.25, 0.3) is 0 Å². The molecule has 1 fully saturated rings. The second kappa shape index (κ2) is 13.4. The molecule has 1 heterocycles. The Bertz CT molecular complexity index is 1460. The molecular formula is C28H29Cl2N3O6S. The van der Waals surface area contributed by atoms with Gasteiger partial charge in [0, 0.05) is 30.3 Å². The number of halogens is 2. The maximum Gasteiger partial charge on any atom is 0.262 e. The minimum atomic E-state index is -4.03. The molecule has 12 heteroatoms. The van der Waals surface area contributed by atoms with E-state index in [-0.39, 0.29) is 46.0 Å². The molecule has 0 atom stereocenters. The van der Waals surface area contributed by atoms with Crippen molar-refractivity contribution < 1.29 is 27.9 Å². The number of hydrogen-bond acceptors (Lipinski definition) is 6. The van der Waals surface area contributed by atoms with E-state index in [9.17, 15) is 18.0 Å². The van der Waals surface area contributed by atoms with Crippen LogP contribution in [0.15, 0.2) is 71.6 Å². The fourth-order valence-corrected chi connectivity index (χ4v) is 5.85. The number of rotatable bonds is 10. The average Bonchev–Trinajstić information content (AvgIpc) is 2.94. The Hall–Kier alpha value is -3.31. The number of sulfonamides is 1. The van der Waals surface area contributed by atoms with Gasteiger partial charge in [-0.25, -0.2) is 8.42 Å². The quantitative estimate of drug-likeness (QED) is 0.301. The van der Waals surface area contributed by atoms with Gasteiger partial charge in [0.2, 0.25) is 5.91 Å². The normalized spacial score (nSPS) is 14.0. The summed E-state index contributed by atoms with van der Waals surface area (Å²) in [6, 6.07) is 16.6. The molecule has 0 unspecified atom stereocenters. The number of anilines is 1. The fraction of sp³-hybridized carbons (Fsp3) is 0.286. The number of hydrogen-bond donors (Lipinski definition) is 3. The van der Waals surface area contributed by atoms with Crippen molar-refractivity contribution in [1.29, 1.82) is 0 Å². The molecule has 40 heavy (non-hydrogen) atoms. The lowest BCUT2D eigenvalue weighted by atomic mass is 9.94. The maximum absolute atomic E-state index is 13.1. The minimum absolute atomic E-state index is 0.0646. The number of likely N-dealkylation sites (tertiary alicyclic amines) is 1. The molecule has 0 aromatic heterocycles. The number of nitrogens with one attached hydrogen (secondary N) is 2. The highest BCUT2D eigenvalue weighted by molar-refractivity contribution is 7.92. The Kier molecular flexibility index (Phi) is 9.91. The van der Waals surface area contributed by atoms with Crippen molar-refractivity contribution in [3.05, 3.63) is 82.3 Å². The predicted molar refractivity (Wildman–Crippen MR) is 154 cm³/mol. The SMILES string of the molecule is O=C(NCC(=O)N1CCC(CCO)CC1)c1ccc(S(=O)(=O)Nc2ccccc2Oc2ccc(Cl)cc2Cl)cc1. The lowest BCUT2D eigenvalue weighted by Crippen LogP contribution is -2.44. The Morgan fingerprint density at radius 1 is 0.975 bits per heavy atom. The van der Waals surface area contributed by atoms with Gasteiger partial charge < -0.3 is 20.1 Å². The van der Waals surface area contributed by atoms with Gasteiger partial charge in [0.15, 0.2) is 5.75 Å². The first-order chi connectivity index (χ1) is 19.2. The second-order valence-electron chi connectivity index (χ2n) is 9.32. The topological polar surface area (TPSA) is 125 Å². The van der Waals surface area contributed by atoms with E-state index in [1.165, 1.54) is 30.3 Å². The number of aliphatic hydroxyl groups excluding tert-OH is 1. The van der Waals surface area contributed by atoms with Gasteiger partial charge in [0.05, 0.1) is 22.2 Å². The van der Waals surface area contributed by atoms with E-state index < -0.39 is 15.9 Å². The van der Waals surface area contributed by atoms with Crippen LogP contribution in [0.5, 0.6) is 11.5 Å². The lowest BCUT2D eigenvalue weighted by Gasteiger charge is -2.31. The zero-order valence-corrected chi connectivity index (χ0v) is 23.8. The van der Waals surface area contributed by atoms with Gasteiger partial charge in [-0.3, -0.25) is 14.3 Å². The number of carbonyl (C=O) groups excluding carboxylic acids is 2. The van der Waals surface area contributed by atoms with Crippen LogP contribution in [-0.4, -0.2) is 56.5 Å². The summed E-state index contributed by atoms with van der Waals surface area (Å²) < 4.78 is 34.5. The minimum Gasteiger partial charge on any atom is -0.454 e. The Morgan fingerprint density at radius 2 is 1.68 bits per heavy atom. The van der Waals surface area contributed by atoms with Crippen LogP contribution in [0.2, 0.25) is 10.0 Å². The van der Waals surface area contributed by atoms with E-state index >= 15 is 0 Å². The van der Waals surface area contributed by atoms with Crippen LogP contribution in [0.3, 0.4) is 0 Å². The molecule has 0 aliphatic carbocycles. The van der Waals surface area contributed by atoms with Crippen molar-refractivity contribution in [2.45, 2.75) is 24.2 Å². The Morgan fingerprint density at radius 3 is 2.35 bits per heavy atom. The molecule has 0 bridgehead atoms. The number of para-hydroxylation sites is 2. The summed E-state index contributed by atoms with van der Waals surface area (Å²) in [6.45, 7) is 1.19. The molecule has 3 aromatic carbocycles. The van der Waals surface area contributed by atoms with Crippen LogP contribution in [0, 0.1) is 5.92 Å². The second-order valence-corrected chi connectivity index (χ2v) is 11.8. The molecule has 212 valence electrons. The lowest BCUT2D eigenvalue weighted by molar-refractivity contribution is -0.131. The molecule has 3 N–H and O–H groups in total. The highest BCUT2D eigenvalue weighted by Gasteiger charge is 2.23. The molecule has 3 aromatic rings. The van der Waals surface area contributed by atoms with Crippen molar-refractivity contribution in [2.24, 2.45) is 5.92 Å². The molecule has 2 amide bonds. The van der Waals surface area contributed by atoms with Crippen molar-refractivity contribution in [3.8, 4) is 11.5 Å². The maximum atomic E-state index is 13.1. The third-order valence-electron chi connectivity index (χ3n) is 6.58. The van der Waals surface area contributed by atoms with Crippen LogP contribution in [0.4, 0.5) is 5.69 Å². The molecule has 9 nitrogen and oxygen atoms in total. The van der Waals surface area contributed by atoms with Crippen molar-refractivity contribution >= 4 is 50.7 Å². The monoisotopic (exact) mass is 605 g/mol. The number of aliphatic hydroxyl groups is 1. The molecule has 4 rings (SSSR count). The van der Waals surface area contributed by atoms with Gasteiger partial charge in [-0.2, -0.15) is 0 Å². The van der Waals surface area contributed by atoms with E-state index in [1.54, 1.807) is 41.3 Å².